The zero-order valence-corrected chi connectivity index (χ0v) is 12.8. The van der Waals surface area contributed by atoms with Gasteiger partial charge in [-0.25, -0.2) is 4.98 Å². The zero-order valence-electron chi connectivity index (χ0n) is 12.8. The van der Waals surface area contributed by atoms with Gasteiger partial charge in [-0.3, -0.25) is 9.78 Å². The molecule has 0 radical (unpaired) electrons. The van der Waals surface area contributed by atoms with E-state index in [1.54, 1.807) is 0 Å². The van der Waals surface area contributed by atoms with Crippen LogP contribution in [0.5, 0.6) is 0 Å². The van der Waals surface area contributed by atoms with Crippen LogP contribution in [0.3, 0.4) is 0 Å². The van der Waals surface area contributed by atoms with Crippen LogP contribution >= 0.6 is 0 Å². The number of aromatic nitrogens is 2. The monoisotopic (exact) mass is 329 g/mol. The molecule has 0 N–H and O–H groups in total. The highest BCUT2D eigenvalue weighted by Crippen LogP contribution is 2.33. The number of carbonyl (C=O) groups excluding carboxylic acids is 1. The quantitative estimate of drug-likeness (QED) is 0.835. The molecular formula is C15H18F3N3O2. The smallest absolute Gasteiger partial charge is 0.379 e. The molecule has 0 unspecified atom stereocenters. The maximum absolute atomic E-state index is 12.5. The van der Waals surface area contributed by atoms with E-state index in [1.165, 1.54) is 6.20 Å². The van der Waals surface area contributed by atoms with Crippen molar-refractivity contribution in [3.8, 4) is 0 Å². The molecule has 0 spiro atoms. The molecule has 2 saturated heterocycles. The van der Waals surface area contributed by atoms with Gasteiger partial charge in [0.15, 0.2) is 5.69 Å². The predicted molar refractivity (Wildman–Crippen MR) is 74.5 cm³/mol. The fourth-order valence-electron chi connectivity index (χ4n) is 2.99. The van der Waals surface area contributed by atoms with E-state index in [9.17, 15) is 18.0 Å². The van der Waals surface area contributed by atoms with Gasteiger partial charge in [-0.15, -0.1) is 0 Å². The van der Waals surface area contributed by atoms with E-state index in [0.717, 1.165) is 6.20 Å². The lowest BCUT2D eigenvalue weighted by molar-refractivity contribution is -0.169. The Morgan fingerprint density at radius 2 is 1.91 bits per heavy atom. The highest BCUT2D eigenvalue weighted by molar-refractivity contribution is 5.83. The van der Waals surface area contributed by atoms with Crippen molar-refractivity contribution in [3.05, 3.63) is 23.8 Å². The van der Waals surface area contributed by atoms with Gasteiger partial charge in [-0.05, 0) is 19.8 Å². The fourth-order valence-corrected chi connectivity index (χ4v) is 2.99. The lowest BCUT2D eigenvalue weighted by Crippen LogP contribution is -2.54. The molecule has 2 fully saturated rings. The molecule has 5 nitrogen and oxygen atoms in total. The van der Waals surface area contributed by atoms with E-state index < -0.39 is 17.3 Å². The molecule has 0 aliphatic carbocycles. The number of hydrogen-bond donors (Lipinski definition) is 0. The summed E-state index contributed by atoms with van der Waals surface area (Å²) in [5.74, 6) is 0.139. The lowest BCUT2D eigenvalue weighted by atomic mass is 9.85. The molecule has 0 aromatic carbocycles. The van der Waals surface area contributed by atoms with Gasteiger partial charge < -0.3 is 9.64 Å². The van der Waals surface area contributed by atoms with Gasteiger partial charge in [-0.2, -0.15) is 13.2 Å². The normalized spacial score (nSPS) is 21.8. The number of nitrogens with zero attached hydrogens (tertiary/aromatic N) is 3. The van der Waals surface area contributed by atoms with Crippen molar-refractivity contribution >= 4 is 5.91 Å². The van der Waals surface area contributed by atoms with E-state index in [4.69, 9.17) is 4.74 Å². The third-order valence-corrected chi connectivity index (χ3v) is 4.52. The summed E-state index contributed by atoms with van der Waals surface area (Å²) in [4.78, 5) is 21.6. The number of hydrogen-bond acceptors (Lipinski definition) is 4. The molecule has 126 valence electrons. The molecule has 8 heteroatoms. The summed E-state index contributed by atoms with van der Waals surface area (Å²) < 4.78 is 42.6. The molecule has 0 bridgehead atoms. The molecular weight excluding hydrogens is 311 g/mol. The topological polar surface area (TPSA) is 55.3 Å². The number of ether oxygens (including phenoxy) is 1. The highest BCUT2D eigenvalue weighted by Gasteiger charge is 2.44. The molecule has 3 rings (SSSR count). The van der Waals surface area contributed by atoms with Crippen LogP contribution in [0, 0.1) is 5.41 Å². The number of piperidine rings is 1. The van der Waals surface area contributed by atoms with Gasteiger partial charge in [0.25, 0.3) is 0 Å². The van der Waals surface area contributed by atoms with Crippen LogP contribution in [0.15, 0.2) is 12.4 Å². The van der Waals surface area contributed by atoms with Gasteiger partial charge in [0.1, 0.15) is 0 Å². The average Bonchev–Trinajstić information content (AvgIpc) is 2.51. The second-order valence-corrected chi connectivity index (χ2v) is 6.44. The third kappa shape index (κ3) is 3.17. The number of amides is 1. The molecule has 1 aromatic rings. The van der Waals surface area contributed by atoms with Crippen LogP contribution in [0.2, 0.25) is 0 Å². The standard InChI is InChI=1S/C15H18F3N3O2/c1-14(8-23-9-14)13(22)21-4-2-10(3-5-21)11-6-20-12(7-19-11)15(16,17)18/h6-7,10H,2-5,8-9H2,1H3. The van der Waals surface area contributed by atoms with Gasteiger partial charge >= 0.3 is 6.18 Å². The second kappa shape index (κ2) is 5.74. The van der Waals surface area contributed by atoms with E-state index >= 15 is 0 Å². The Balaban J connectivity index is 1.59. The molecule has 0 saturated carbocycles. The third-order valence-electron chi connectivity index (χ3n) is 4.52. The largest absolute Gasteiger partial charge is 0.434 e. The Labute approximate surface area is 131 Å². The summed E-state index contributed by atoms with van der Waals surface area (Å²) in [6.07, 6.45) is -1.13. The molecule has 1 amide bonds. The van der Waals surface area contributed by atoms with Crippen molar-refractivity contribution in [2.75, 3.05) is 26.3 Å². The minimum Gasteiger partial charge on any atom is -0.379 e. The van der Waals surface area contributed by atoms with E-state index in [2.05, 4.69) is 9.97 Å². The van der Waals surface area contributed by atoms with Crippen molar-refractivity contribution < 1.29 is 22.7 Å². The van der Waals surface area contributed by atoms with Gasteiger partial charge in [0.05, 0.1) is 30.5 Å². The Morgan fingerprint density at radius 1 is 1.26 bits per heavy atom. The van der Waals surface area contributed by atoms with Crippen LogP contribution < -0.4 is 0 Å². The first-order valence-electron chi connectivity index (χ1n) is 7.56. The van der Waals surface area contributed by atoms with Crippen molar-refractivity contribution in [1.29, 1.82) is 0 Å². The number of halogens is 3. The average molecular weight is 329 g/mol. The molecule has 23 heavy (non-hydrogen) atoms. The Morgan fingerprint density at radius 3 is 2.35 bits per heavy atom. The van der Waals surface area contributed by atoms with Crippen LogP contribution in [0.1, 0.15) is 37.1 Å². The lowest BCUT2D eigenvalue weighted by Gasteiger charge is -2.42. The van der Waals surface area contributed by atoms with E-state index in [-0.39, 0.29) is 11.8 Å². The van der Waals surface area contributed by atoms with Crippen LogP contribution in [0.4, 0.5) is 13.2 Å². The minimum absolute atomic E-state index is 0.0410. The van der Waals surface area contributed by atoms with Crippen molar-refractivity contribution in [3.63, 3.8) is 0 Å². The van der Waals surface area contributed by atoms with Crippen molar-refractivity contribution in [1.82, 2.24) is 14.9 Å². The number of alkyl halides is 3. The molecule has 2 aliphatic heterocycles. The summed E-state index contributed by atoms with van der Waals surface area (Å²) in [5.41, 5.74) is -0.837. The summed E-state index contributed by atoms with van der Waals surface area (Å²) in [5, 5.41) is 0. The summed E-state index contributed by atoms with van der Waals surface area (Å²) >= 11 is 0. The van der Waals surface area contributed by atoms with Crippen LogP contribution in [-0.2, 0) is 15.7 Å². The van der Waals surface area contributed by atoms with E-state index in [1.807, 2.05) is 11.8 Å². The van der Waals surface area contributed by atoms with Gasteiger partial charge in [-0.1, -0.05) is 0 Å². The first-order valence-corrected chi connectivity index (χ1v) is 7.56. The molecule has 1 aromatic heterocycles. The SMILES string of the molecule is CC1(C(=O)N2CCC(c3cnc(C(F)(F)F)cn3)CC2)COC1. The minimum atomic E-state index is -4.47. The first kappa shape index (κ1) is 16.2. The number of carbonyl (C=O) groups is 1. The number of rotatable bonds is 2. The summed E-state index contributed by atoms with van der Waals surface area (Å²) in [6.45, 7) is 3.97. The molecule has 0 atom stereocenters. The second-order valence-electron chi connectivity index (χ2n) is 6.44. The van der Waals surface area contributed by atoms with Gasteiger partial charge in [0, 0.05) is 25.2 Å². The number of likely N-dealkylation sites (tertiary alicyclic amines) is 1. The Kier molecular flexibility index (Phi) is 4.03. The van der Waals surface area contributed by atoms with Crippen LogP contribution in [0.25, 0.3) is 0 Å². The maximum atomic E-state index is 12.5. The van der Waals surface area contributed by atoms with Crippen molar-refractivity contribution in [2.24, 2.45) is 5.41 Å². The maximum Gasteiger partial charge on any atom is 0.434 e. The molecule has 3 heterocycles. The van der Waals surface area contributed by atoms with Gasteiger partial charge in [0.2, 0.25) is 5.91 Å². The zero-order chi connectivity index (χ0) is 16.7. The summed E-state index contributed by atoms with van der Waals surface area (Å²) in [6, 6.07) is 0. The van der Waals surface area contributed by atoms with E-state index in [0.29, 0.717) is 44.8 Å². The van der Waals surface area contributed by atoms with Crippen LogP contribution in [-0.4, -0.2) is 47.1 Å². The van der Waals surface area contributed by atoms with Crippen molar-refractivity contribution in [2.45, 2.75) is 31.9 Å². The fraction of sp³-hybridized carbons (Fsp3) is 0.667. The predicted octanol–water partition coefficient (Wildman–Crippen LogP) is 2.24. The Hall–Kier alpha value is -1.70. The Bertz CT molecular complexity index is 577. The summed E-state index contributed by atoms with van der Waals surface area (Å²) in [7, 11) is 0. The first-order chi connectivity index (χ1) is 10.8. The highest BCUT2D eigenvalue weighted by atomic mass is 19.4. The molecule has 2 aliphatic rings.